The zero-order valence-electron chi connectivity index (χ0n) is 11.7. The number of carbonyl (C=O) groups is 1. The van der Waals surface area contributed by atoms with Crippen molar-refractivity contribution in [1.29, 1.82) is 0 Å². The summed E-state index contributed by atoms with van der Waals surface area (Å²) in [6.45, 7) is 2.59. The van der Waals surface area contributed by atoms with Crippen molar-refractivity contribution in [2.75, 3.05) is 24.3 Å². The van der Waals surface area contributed by atoms with Crippen LogP contribution in [0.15, 0.2) is 34.9 Å². The molecular weight excluding hydrogens is 320 g/mol. The summed E-state index contributed by atoms with van der Waals surface area (Å²) >= 11 is 3.35. The van der Waals surface area contributed by atoms with Crippen LogP contribution < -0.4 is 10.2 Å². The molecule has 0 spiro atoms. The van der Waals surface area contributed by atoms with E-state index in [9.17, 15) is 4.79 Å². The van der Waals surface area contributed by atoms with Gasteiger partial charge in [-0.1, -0.05) is 0 Å². The minimum atomic E-state index is -0.172. The Hall–Kier alpha value is -1.82. The number of benzene rings is 1. The molecule has 20 heavy (non-hydrogen) atoms. The standard InChI is InChI=1S/C14H17BrN4O/c1-4-19-13(12(15)9-16-19)14(20)17-10-5-7-11(8-6-10)18(2)3/h5-9H,4H2,1-3H3,(H,17,20). The van der Waals surface area contributed by atoms with Gasteiger partial charge in [0, 0.05) is 32.0 Å². The van der Waals surface area contributed by atoms with Gasteiger partial charge in [-0.25, -0.2) is 0 Å². The summed E-state index contributed by atoms with van der Waals surface area (Å²) in [5.74, 6) is -0.172. The summed E-state index contributed by atoms with van der Waals surface area (Å²) < 4.78 is 2.36. The van der Waals surface area contributed by atoms with E-state index in [-0.39, 0.29) is 5.91 Å². The van der Waals surface area contributed by atoms with Crippen molar-refractivity contribution < 1.29 is 4.79 Å². The summed E-state index contributed by atoms with van der Waals surface area (Å²) in [6.07, 6.45) is 1.63. The second-order valence-corrected chi connectivity index (χ2v) is 5.41. The number of nitrogens with zero attached hydrogens (tertiary/aromatic N) is 3. The first kappa shape index (κ1) is 14.6. The van der Waals surface area contributed by atoms with E-state index in [0.717, 1.165) is 11.4 Å². The maximum absolute atomic E-state index is 12.3. The Labute approximate surface area is 126 Å². The lowest BCUT2D eigenvalue weighted by atomic mass is 10.2. The molecule has 1 amide bonds. The Kier molecular flexibility index (Phi) is 4.44. The first-order valence-electron chi connectivity index (χ1n) is 6.33. The van der Waals surface area contributed by atoms with Gasteiger partial charge >= 0.3 is 0 Å². The van der Waals surface area contributed by atoms with Gasteiger partial charge in [0.05, 0.1) is 10.7 Å². The van der Waals surface area contributed by atoms with Gasteiger partial charge in [0.1, 0.15) is 5.69 Å². The lowest BCUT2D eigenvalue weighted by Crippen LogP contribution is -2.18. The number of carbonyl (C=O) groups excluding carboxylic acids is 1. The van der Waals surface area contributed by atoms with Gasteiger partial charge in [-0.15, -0.1) is 0 Å². The molecule has 1 aromatic heterocycles. The third-order valence-electron chi connectivity index (χ3n) is 2.95. The number of anilines is 2. The Balaban J connectivity index is 2.17. The van der Waals surface area contributed by atoms with E-state index in [4.69, 9.17) is 0 Å². The average Bonchev–Trinajstić information content (AvgIpc) is 2.80. The maximum atomic E-state index is 12.3. The van der Waals surface area contributed by atoms with E-state index < -0.39 is 0 Å². The van der Waals surface area contributed by atoms with E-state index in [2.05, 4.69) is 26.3 Å². The van der Waals surface area contributed by atoms with Gasteiger partial charge < -0.3 is 10.2 Å². The van der Waals surface area contributed by atoms with Gasteiger partial charge in [0.2, 0.25) is 0 Å². The van der Waals surface area contributed by atoms with Crippen LogP contribution in [0, 0.1) is 0 Å². The third-order valence-corrected chi connectivity index (χ3v) is 3.53. The number of amides is 1. The second-order valence-electron chi connectivity index (χ2n) is 4.55. The van der Waals surface area contributed by atoms with Gasteiger partial charge in [-0.05, 0) is 47.1 Å². The molecule has 0 aliphatic rings. The van der Waals surface area contributed by atoms with Crippen LogP contribution in [0.1, 0.15) is 17.4 Å². The maximum Gasteiger partial charge on any atom is 0.275 e. The summed E-state index contributed by atoms with van der Waals surface area (Å²) in [7, 11) is 3.95. The molecule has 0 saturated carbocycles. The Bertz CT molecular complexity index is 604. The molecule has 1 heterocycles. The predicted molar refractivity (Wildman–Crippen MR) is 84.3 cm³/mol. The van der Waals surface area contributed by atoms with Gasteiger partial charge in [-0.3, -0.25) is 9.48 Å². The highest BCUT2D eigenvalue weighted by molar-refractivity contribution is 9.10. The quantitative estimate of drug-likeness (QED) is 0.933. The van der Waals surface area contributed by atoms with Crippen LogP contribution in [0.25, 0.3) is 0 Å². The molecule has 0 atom stereocenters. The van der Waals surface area contributed by atoms with E-state index >= 15 is 0 Å². The molecule has 1 N–H and O–H groups in total. The van der Waals surface area contributed by atoms with Gasteiger partial charge in [0.15, 0.2) is 0 Å². The molecule has 0 radical (unpaired) electrons. The Morgan fingerprint density at radius 3 is 2.55 bits per heavy atom. The van der Waals surface area contributed by atoms with Crippen LogP contribution in [0.5, 0.6) is 0 Å². The highest BCUT2D eigenvalue weighted by Crippen LogP contribution is 2.20. The first-order valence-corrected chi connectivity index (χ1v) is 7.12. The molecule has 1 aromatic carbocycles. The molecule has 0 saturated heterocycles. The Morgan fingerprint density at radius 2 is 2.00 bits per heavy atom. The van der Waals surface area contributed by atoms with E-state index in [1.165, 1.54) is 0 Å². The lowest BCUT2D eigenvalue weighted by molar-refractivity contribution is 0.101. The SMILES string of the molecule is CCn1ncc(Br)c1C(=O)Nc1ccc(N(C)C)cc1. The first-order chi connectivity index (χ1) is 9.52. The molecule has 2 rings (SSSR count). The molecular formula is C14H17BrN4O. The Morgan fingerprint density at radius 1 is 1.35 bits per heavy atom. The molecule has 0 aliphatic carbocycles. The van der Waals surface area contributed by atoms with Crippen LogP contribution in [0.4, 0.5) is 11.4 Å². The van der Waals surface area contributed by atoms with Crippen LogP contribution in [-0.2, 0) is 6.54 Å². The molecule has 6 heteroatoms. The number of rotatable bonds is 4. The van der Waals surface area contributed by atoms with Crippen LogP contribution in [0.3, 0.4) is 0 Å². The second kappa shape index (κ2) is 6.09. The van der Waals surface area contributed by atoms with Gasteiger partial charge in [-0.2, -0.15) is 5.10 Å². The van der Waals surface area contributed by atoms with Crippen molar-refractivity contribution in [3.8, 4) is 0 Å². The fourth-order valence-corrected chi connectivity index (χ4v) is 2.34. The van der Waals surface area contributed by atoms with Crippen LogP contribution in [0.2, 0.25) is 0 Å². The molecule has 0 fully saturated rings. The van der Waals surface area contributed by atoms with E-state index in [0.29, 0.717) is 16.7 Å². The predicted octanol–water partition coefficient (Wildman–Crippen LogP) is 2.98. The molecule has 0 bridgehead atoms. The number of hydrogen-bond acceptors (Lipinski definition) is 3. The third kappa shape index (κ3) is 3.01. The lowest BCUT2D eigenvalue weighted by Gasteiger charge is -2.13. The fraction of sp³-hybridized carbons (Fsp3) is 0.286. The summed E-state index contributed by atoms with van der Waals surface area (Å²) in [5, 5.41) is 7.01. The van der Waals surface area contributed by atoms with Crippen molar-refractivity contribution in [2.24, 2.45) is 0 Å². The largest absolute Gasteiger partial charge is 0.378 e. The highest BCUT2D eigenvalue weighted by Gasteiger charge is 2.16. The topological polar surface area (TPSA) is 50.2 Å². The summed E-state index contributed by atoms with van der Waals surface area (Å²) in [5.41, 5.74) is 2.38. The van der Waals surface area contributed by atoms with Crippen molar-refractivity contribution in [3.05, 3.63) is 40.6 Å². The van der Waals surface area contributed by atoms with E-state index in [1.54, 1.807) is 10.9 Å². The zero-order valence-corrected chi connectivity index (χ0v) is 13.3. The minimum absolute atomic E-state index is 0.172. The number of aryl methyl sites for hydroxylation is 1. The molecule has 2 aromatic rings. The van der Waals surface area contributed by atoms with Crippen molar-refractivity contribution in [3.63, 3.8) is 0 Å². The zero-order chi connectivity index (χ0) is 14.7. The highest BCUT2D eigenvalue weighted by atomic mass is 79.9. The monoisotopic (exact) mass is 336 g/mol. The van der Waals surface area contributed by atoms with Crippen molar-refractivity contribution in [1.82, 2.24) is 9.78 Å². The molecule has 106 valence electrons. The summed E-state index contributed by atoms with van der Waals surface area (Å²) in [6, 6.07) is 7.69. The smallest absolute Gasteiger partial charge is 0.275 e. The fourth-order valence-electron chi connectivity index (χ4n) is 1.86. The van der Waals surface area contributed by atoms with Crippen LogP contribution >= 0.6 is 15.9 Å². The molecule has 0 unspecified atom stereocenters. The number of halogens is 1. The van der Waals surface area contributed by atoms with E-state index in [1.807, 2.05) is 50.2 Å². The molecule has 5 nitrogen and oxygen atoms in total. The normalized spacial score (nSPS) is 10.4. The van der Waals surface area contributed by atoms with Crippen molar-refractivity contribution in [2.45, 2.75) is 13.5 Å². The summed E-state index contributed by atoms with van der Waals surface area (Å²) in [4.78, 5) is 14.3. The van der Waals surface area contributed by atoms with Gasteiger partial charge in [0.25, 0.3) is 5.91 Å². The molecule has 0 aliphatic heterocycles. The average molecular weight is 337 g/mol. The number of nitrogens with one attached hydrogen (secondary N) is 1. The number of hydrogen-bond donors (Lipinski definition) is 1. The van der Waals surface area contributed by atoms with Crippen molar-refractivity contribution >= 4 is 33.2 Å². The van der Waals surface area contributed by atoms with Crippen LogP contribution in [-0.4, -0.2) is 29.8 Å². The minimum Gasteiger partial charge on any atom is -0.378 e. The number of aromatic nitrogens is 2.